The van der Waals surface area contributed by atoms with Gasteiger partial charge in [0.25, 0.3) is 0 Å². The number of allylic oxidation sites excluding steroid dienone is 2. The zero-order chi connectivity index (χ0) is 11.8. The van der Waals surface area contributed by atoms with Crippen molar-refractivity contribution in [2.24, 2.45) is 11.5 Å². The van der Waals surface area contributed by atoms with Gasteiger partial charge in [0, 0.05) is 5.70 Å². The molecule has 0 saturated heterocycles. The van der Waals surface area contributed by atoms with Crippen LogP contribution < -0.4 is 11.5 Å². The van der Waals surface area contributed by atoms with Crippen molar-refractivity contribution in [2.45, 2.75) is 10.9 Å². The van der Waals surface area contributed by atoms with Gasteiger partial charge in [-0.2, -0.15) is 0 Å². The Bertz CT molecular complexity index is 453. The lowest BCUT2D eigenvalue weighted by Crippen LogP contribution is -2.45. The van der Waals surface area contributed by atoms with E-state index in [2.05, 4.69) is 0 Å². The Balaban J connectivity index is 2.47. The minimum Gasteiger partial charge on any atom is -0.399 e. The van der Waals surface area contributed by atoms with Gasteiger partial charge < -0.3 is 11.5 Å². The molecule has 2 unspecified atom stereocenters. The molecule has 0 fully saturated rings. The van der Waals surface area contributed by atoms with Crippen LogP contribution in [-0.4, -0.2) is 6.04 Å². The van der Waals surface area contributed by atoms with E-state index >= 15 is 0 Å². The highest BCUT2D eigenvalue weighted by atomic mass is 35.5. The molecule has 1 aliphatic carbocycles. The number of hydrogen-bond acceptors (Lipinski definition) is 2. The Morgan fingerprint density at radius 3 is 2.44 bits per heavy atom. The van der Waals surface area contributed by atoms with E-state index in [1.54, 1.807) is 12.2 Å². The Kier molecular flexibility index (Phi) is 2.98. The molecule has 0 aromatic heterocycles. The lowest BCUT2D eigenvalue weighted by molar-refractivity contribution is 0.608. The van der Waals surface area contributed by atoms with Crippen molar-refractivity contribution >= 4 is 23.2 Å². The van der Waals surface area contributed by atoms with Crippen molar-refractivity contribution in [3.63, 3.8) is 0 Å². The first-order valence-corrected chi connectivity index (χ1v) is 5.65. The van der Waals surface area contributed by atoms with E-state index < -0.39 is 10.9 Å². The first-order chi connectivity index (χ1) is 7.55. The van der Waals surface area contributed by atoms with Gasteiger partial charge in [0.1, 0.15) is 4.87 Å². The Labute approximate surface area is 105 Å². The molecule has 0 radical (unpaired) electrons. The predicted molar refractivity (Wildman–Crippen MR) is 68.2 cm³/mol. The molecule has 4 N–H and O–H groups in total. The Morgan fingerprint density at radius 1 is 1.19 bits per heavy atom. The fourth-order valence-corrected chi connectivity index (χ4v) is 2.23. The summed E-state index contributed by atoms with van der Waals surface area (Å²) in [5.74, 6) is 0. The lowest BCUT2D eigenvalue weighted by Gasteiger charge is -2.34. The maximum Gasteiger partial charge on any atom is 0.109 e. The zero-order valence-corrected chi connectivity index (χ0v) is 10.0. The molecule has 0 saturated carbocycles. The molecule has 2 atom stereocenters. The van der Waals surface area contributed by atoms with Crippen LogP contribution in [0.15, 0.2) is 53.2 Å². The molecule has 84 valence electrons. The van der Waals surface area contributed by atoms with Crippen molar-refractivity contribution in [1.29, 1.82) is 0 Å². The van der Waals surface area contributed by atoms with Crippen LogP contribution in [0.5, 0.6) is 0 Å². The fourth-order valence-electron chi connectivity index (χ4n) is 1.74. The second kappa shape index (κ2) is 4.13. The molecule has 2 rings (SSSR count). The van der Waals surface area contributed by atoms with Crippen LogP contribution in [0.4, 0.5) is 0 Å². The highest BCUT2D eigenvalue weighted by Crippen LogP contribution is 2.39. The maximum absolute atomic E-state index is 6.53. The third-order valence-electron chi connectivity index (χ3n) is 2.75. The Morgan fingerprint density at radius 2 is 1.81 bits per heavy atom. The van der Waals surface area contributed by atoms with Crippen LogP contribution in [0.3, 0.4) is 0 Å². The summed E-state index contributed by atoms with van der Waals surface area (Å²) in [6, 6.07) is 9.07. The van der Waals surface area contributed by atoms with E-state index in [-0.39, 0.29) is 0 Å². The van der Waals surface area contributed by atoms with Crippen LogP contribution in [0.25, 0.3) is 0 Å². The molecule has 16 heavy (non-hydrogen) atoms. The van der Waals surface area contributed by atoms with Gasteiger partial charge in [-0.05, 0) is 11.6 Å². The van der Waals surface area contributed by atoms with Crippen molar-refractivity contribution in [3.05, 3.63) is 58.8 Å². The van der Waals surface area contributed by atoms with Gasteiger partial charge in [-0.25, -0.2) is 0 Å². The minimum atomic E-state index is -0.816. The van der Waals surface area contributed by atoms with Gasteiger partial charge in [-0.3, -0.25) is 0 Å². The van der Waals surface area contributed by atoms with Crippen molar-refractivity contribution in [3.8, 4) is 0 Å². The number of nitrogens with two attached hydrogens (primary N) is 2. The van der Waals surface area contributed by atoms with E-state index in [1.165, 1.54) is 0 Å². The first-order valence-electron chi connectivity index (χ1n) is 4.90. The van der Waals surface area contributed by atoms with Crippen molar-refractivity contribution in [1.82, 2.24) is 0 Å². The molecule has 0 amide bonds. The standard InChI is InChI=1S/C12H12Cl2N2/c13-9-6-7-12(14,11(16)10(9)15)8-4-2-1-3-5-8/h1-7,11H,15-16H2. The molecule has 0 bridgehead atoms. The van der Waals surface area contributed by atoms with Gasteiger partial charge in [-0.15, -0.1) is 11.6 Å². The second-order valence-corrected chi connectivity index (χ2v) is 4.78. The summed E-state index contributed by atoms with van der Waals surface area (Å²) in [6.45, 7) is 0. The summed E-state index contributed by atoms with van der Waals surface area (Å²) < 4.78 is 0. The number of rotatable bonds is 1. The minimum absolute atomic E-state index is 0.419. The predicted octanol–water partition coefficient (Wildman–Crippen LogP) is 2.43. The van der Waals surface area contributed by atoms with Crippen LogP contribution in [-0.2, 0) is 4.87 Å². The normalized spacial score (nSPS) is 29.6. The third-order valence-corrected chi connectivity index (χ3v) is 3.68. The van der Waals surface area contributed by atoms with E-state index in [4.69, 9.17) is 34.7 Å². The molecule has 1 aromatic rings. The van der Waals surface area contributed by atoms with E-state index in [0.717, 1.165) is 5.56 Å². The highest BCUT2D eigenvalue weighted by molar-refractivity contribution is 6.33. The monoisotopic (exact) mass is 254 g/mol. The van der Waals surface area contributed by atoms with Gasteiger partial charge in [0.05, 0.1) is 11.1 Å². The average Bonchev–Trinajstić information content (AvgIpc) is 2.33. The van der Waals surface area contributed by atoms with Gasteiger partial charge >= 0.3 is 0 Å². The quantitative estimate of drug-likeness (QED) is 0.757. The second-order valence-electron chi connectivity index (χ2n) is 3.75. The largest absolute Gasteiger partial charge is 0.399 e. The first kappa shape index (κ1) is 11.5. The summed E-state index contributed by atoms with van der Waals surface area (Å²) in [6.07, 6.45) is 3.48. The summed E-state index contributed by atoms with van der Waals surface area (Å²) >= 11 is 12.4. The Hall–Kier alpha value is -0.960. The third kappa shape index (κ3) is 1.73. The fraction of sp³-hybridized carbons (Fsp3) is 0.167. The van der Waals surface area contributed by atoms with Crippen molar-refractivity contribution < 1.29 is 0 Å². The molecular weight excluding hydrogens is 243 g/mol. The summed E-state index contributed by atoms with van der Waals surface area (Å²) in [4.78, 5) is -0.816. The smallest absolute Gasteiger partial charge is 0.109 e. The van der Waals surface area contributed by atoms with Crippen LogP contribution in [0.2, 0.25) is 0 Å². The molecule has 2 nitrogen and oxygen atoms in total. The summed E-state index contributed by atoms with van der Waals surface area (Å²) in [5.41, 5.74) is 13.2. The van der Waals surface area contributed by atoms with E-state index in [1.807, 2.05) is 30.3 Å². The lowest BCUT2D eigenvalue weighted by atomic mass is 9.86. The molecule has 1 aliphatic rings. The molecule has 0 spiro atoms. The van der Waals surface area contributed by atoms with Gasteiger partial charge in [0.2, 0.25) is 0 Å². The average molecular weight is 255 g/mol. The number of hydrogen-bond donors (Lipinski definition) is 2. The molecular formula is C12H12Cl2N2. The van der Waals surface area contributed by atoms with Crippen molar-refractivity contribution in [2.75, 3.05) is 0 Å². The molecule has 4 heteroatoms. The highest BCUT2D eigenvalue weighted by Gasteiger charge is 2.38. The van der Waals surface area contributed by atoms with E-state index in [0.29, 0.717) is 10.7 Å². The number of halogens is 2. The summed E-state index contributed by atoms with van der Waals surface area (Å²) in [5, 5.41) is 0.458. The zero-order valence-electron chi connectivity index (χ0n) is 8.53. The van der Waals surface area contributed by atoms with Crippen LogP contribution >= 0.6 is 23.2 Å². The summed E-state index contributed by atoms with van der Waals surface area (Å²) in [7, 11) is 0. The van der Waals surface area contributed by atoms with Crippen LogP contribution in [0.1, 0.15) is 5.56 Å². The van der Waals surface area contributed by atoms with Gasteiger partial charge in [-0.1, -0.05) is 48.0 Å². The molecule has 0 aliphatic heterocycles. The van der Waals surface area contributed by atoms with Crippen LogP contribution in [0, 0.1) is 0 Å². The van der Waals surface area contributed by atoms with Gasteiger partial charge in [0.15, 0.2) is 0 Å². The maximum atomic E-state index is 6.53. The SMILES string of the molecule is NC1=C(Cl)C=CC(Cl)(c2ccccc2)C1N. The number of benzene rings is 1. The molecule has 0 heterocycles. The van der Waals surface area contributed by atoms with E-state index in [9.17, 15) is 0 Å². The topological polar surface area (TPSA) is 52.0 Å². The number of alkyl halides is 1. The molecule has 1 aromatic carbocycles.